The van der Waals surface area contributed by atoms with Crippen molar-refractivity contribution in [2.24, 2.45) is 0 Å². The van der Waals surface area contributed by atoms with E-state index in [0.29, 0.717) is 17.1 Å². The predicted octanol–water partition coefficient (Wildman–Crippen LogP) is 3.05. The quantitative estimate of drug-likeness (QED) is 0.621. The van der Waals surface area contributed by atoms with E-state index in [0.717, 1.165) is 11.1 Å². The van der Waals surface area contributed by atoms with Gasteiger partial charge in [0.1, 0.15) is 35.8 Å². The highest BCUT2D eigenvalue weighted by atomic mass is 16.5. The van der Waals surface area contributed by atoms with Crippen LogP contribution in [0.25, 0.3) is 17.4 Å². The normalized spacial score (nSPS) is 12.0. The van der Waals surface area contributed by atoms with Crippen LogP contribution in [0.15, 0.2) is 40.3 Å². The number of nitriles is 2. The lowest BCUT2D eigenvalue weighted by molar-refractivity contribution is 0.0535. The van der Waals surface area contributed by atoms with E-state index in [1.807, 2.05) is 6.07 Å². The second kappa shape index (κ2) is 4.99. The van der Waals surface area contributed by atoms with E-state index in [9.17, 15) is 4.79 Å². The summed E-state index contributed by atoms with van der Waals surface area (Å²) in [6.07, 6.45) is 1.38. The van der Waals surface area contributed by atoms with Crippen molar-refractivity contribution in [2.45, 2.75) is 6.61 Å². The standard InChI is InChI=1S/C16H8N2O3/c17-7-10(8-18)5-13-2-4-15(21-13)11-1-3-14-12(6-11)9-20-16(14)19/h1-6H,9H2. The molecule has 5 nitrogen and oxygen atoms in total. The molecule has 0 saturated carbocycles. The van der Waals surface area contributed by atoms with Gasteiger partial charge in [0.25, 0.3) is 0 Å². The first-order valence-corrected chi connectivity index (χ1v) is 6.13. The van der Waals surface area contributed by atoms with Gasteiger partial charge >= 0.3 is 5.97 Å². The van der Waals surface area contributed by atoms with Crippen LogP contribution < -0.4 is 0 Å². The molecule has 0 aliphatic carbocycles. The summed E-state index contributed by atoms with van der Waals surface area (Å²) in [5, 5.41) is 17.4. The van der Waals surface area contributed by atoms with Gasteiger partial charge in [-0.2, -0.15) is 10.5 Å². The number of esters is 1. The Morgan fingerprint density at radius 2 is 2.00 bits per heavy atom. The molecule has 0 fully saturated rings. The molecule has 21 heavy (non-hydrogen) atoms. The van der Waals surface area contributed by atoms with Crippen molar-refractivity contribution in [3.8, 4) is 23.5 Å². The molecule has 1 aromatic carbocycles. The number of ether oxygens (including phenoxy) is 1. The summed E-state index contributed by atoms with van der Waals surface area (Å²) >= 11 is 0. The second-order valence-corrected chi connectivity index (χ2v) is 4.43. The first-order valence-electron chi connectivity index (χ1n) is 6.13. The molecule has 5 heteroatoms. The molecule has 0 amide bonds. The molecule has 0 unspecified atom stereocenters. The average Bonchev–Trinajstić information content (AvgIpc) is 3.12. The van der Waals surface area contributed by atoms with Crippen molar-refractivity contribution in [3.63, 3.8) is 0 Å². The van der Waals surface area contributed by atoms with E-state index in [-0.39, 0.29) is 18.1 Å². The lowest BCUT2D eigenvalue weighted by atomic mass is 10.0. The van der Waals surface area contributed by atoms with Crippen LogP contribution in [0.5, 0.6) is 0 Å². The Hall–Kier alpha value is -3.31. The summed E-state index contributed by atoms with van der Waals surface area (Å²) in [5.41, 5.74) is 2.17. The molecule has 0 saturated heterocycles. The molecule has 0 spiro atoms. The van der Waals surface area contributed by atoms with Crippen molar-refractivity contribution < 1.29 is 13.9 Å². The summed E-state index contributed by atoms with van der Waals surface area (Å²) in [4.78, 5) is 11.4. The minimum Gasteiger partial charge on any atom is -0.457 e. The Kier molecular flexibility index (Phi) is 3.02. The van der Waals surface area contributed by atoms with Crippen LogP contribution in [0.2, 0.25) is 0 Å². The third-order valence-electron chi connectivity index (χ3n) is 3.12. The van der Waals surface area contributed by atoms with Crippen LogP contribution in [0, 0.1) is 22.7 Å². The van der Waals surface area contributed by atoms with E-state index in [4.69, 9.17) is 19.7 Å². The molecule has 0 bridgehead atoms. The average molecular weight is 276 g/mol. The number of carbonyl (C=O) groups is 1. The second-order valence-electron chi connectivity index (χ2n) is 4.43. The molecular formula is C16H8N2O3. The van der Waals surface area contributed by atoms with E-state index in [2.05, 4.69) is 0 Å². The smallest absolute Gasteiger partial charge is 0.338 e. The van der Waals surface area contributed by atoms with Gasteiger partial charge in [-0.05, 0) is 24.3 Å². The molecule has 1 aliphatic rings. The van der Waals surface area contributed by atoms with Crippen LogP contribution in [0.4, 0.5) is 0 Å². The van der Waals surface area contributed by atoms with Crippen molar-refractivity contribution in [1.82, 2.24) is 0 Å². The highest BCUT2D eigenvalue weighted by Gasteiger charge is 2.21. The van der Waals surface area contributed by atoms with Crippen molar-refractivity contribution in [1.29, 1.82) is 10.5 Å². The van der Waals surface area contributed by atoms with Gasteiger partial charge in [-0.3, -0.25) is 0 Å². The van der Waals surface area contributed by atoms with Gasteiger partial charge in [-0.1, -0.05) is 6.07 Å². The Labute approximate surface area is 120 Å². The fourth-order valence-corrected chi connectivity index (χ4v) is 2.10. The topological polar surface area (TPSA) is 87.0 Å². The van der Waals surface area contributed by atoms with Crippen molar-refractivity contribution in [2.75, 3.05) is 0 Å². The largest absolute Gasteiger partial charge is 0.457 e. The monoisotopic (exact) mass is 276 g/mol. The Bertz CT molecular complexity index is 831. The summed E-state index contributed by atoms with van der Waals surface area (Å²) in [6, 6.07) is 12.3. The minimum absolute atomic E-state index is 0.0242. The highest BCUT2D eigenvalue weighted by Crippen LogP contribution is 2.28. The molecule has 0 radical (unpaired) electrons. The summed E-state index contributed by atoms with van der Waals surface area (Å²) in [7, 11) is 0. The van der Waals surface area contributed by atoms with E-state index in [1.165, 1.54) is 6.08 Å². The maximum atomic E-state index is 11.4. The molecule has 2 aromatic rings. The number of rotatable bonds is 2. The lowest BCUT2D eigenvalue weighted by Gasteiger charge is -1.99. The van der Waals surface area contributed by atoms with E-state index < -0.39 is 0 Å². The molecule has 0 atom stereocenters. The lowest BCUT2D eigenvalue weighted by Crippen LogP contribution is -1.92. The number of benzene rings is 1. The fourth-order valence-electron chi connectivity index (χ4n) is 2.10. The maximum absolute atomic E-state index is 11.4. The van der Waals surface area contributed by atoms with Crippen LogP contribution >= 0.6 is 0 Å². The number of nitrogens with zero attached hydrogens (tertiary/aromatic N) is 2. The molecular weight excluding hydrogens is 268 g/mol. The van der Waals surface area contributed by atoms with Crippen LogP contribution in [-0.4, -0.2) is 5.97 Å². The molecule has 2 heterocycles. The zero-order valence-electron chi connectivity index (χ0n) is 10.8. The third kappa shape index (κ3) is 2.29. The number of furan rings is 1. The zero-order chi connectivity index (χ0) is 14.8. The number of fused-ring (bicyclic) bond motifs is 1. The van der Waals surface area contributed by atoms with Gasteiger partial charge in [-0.25, -0.2) is 4.79 Å². The Morgan fingerprint density at radius 3 is 2.76 bits per heavy atom. The van der Waals surface area contributed by atoms with Crippen LogP contribution in [0.3, 0.4) is 0 Å². The Morgan fingerprint density at radius 1 is 1.19 bits per heavy atom. The number of carbonyl (C=O) groups excluding carboxylic acids is 1. The SMILES string of the molecule is N#CC(C#N)=Cc1ccc(-c2ccc3c(c2)COC3=O)o1. The molecule has 0 N–H and O–H groups in total. The number of hydrogen-bond donors (Lipinski definition) is 0. The first kappa shape index (κ1) is 12.7. The van der Waals surface area contributed by atoms with Gasteiger partial charge in [0.15, 0.2) is 0 Å². The first-order chi connectivity index (χ1) is 10.2. The van der Waals surface area contributed by atoms with E-state index in [1.54, 1.807) is 36.4 Å². The summed E-state index contributed by atoms with van der Waals surface area (Å²) in [5.74, 6) is 0.710. The van der Waals surface area contributed by atoms with Gasteiger partial charge in [-0.15, -0.1) is 0 Å². The predicted molar refractivity (Wildman–Crippen MR) is 72.5 cm³/mol. The summed E-state index contributed by atoms with van der Waals surface area (Å²) < 4.78 is 10.5. The number of allylic oxidation sites excluding steroid dienone is 1. The van der Waals surface area contributed by atoms with E-state index >= 15 is 0 Å². The molecule has 1 aliphatic heterocycles. The van der Waals surface area contributed by atoms with Crippen molar-refractivity contribution >= 4 is 12.0 Å². The highest BCUT2D eigenvalue weighted by molar-refractivity contribution is 5.94. The number of hydrogen-bond acceptors (Lipinski definition) is 5. The minimum atomic E-state index is -0.313. The summed E-state index contributed by atoms with van der Waals surface area (Å²) in [6.45, 7) is 0.266. The van der Waals surface area contributed by atoms with Gasteiger partial charge in [0.05, 0.1) is 5.56 Å². The number of cyclic esters (lactones) is 1. The zero-order valence-corrected chi connectivity index (χ0v) is 10.8. The van der Waals surface area contributed by atoms with Gasteiger partial charge in [0.2, 0.25) is 0 Å². The molecule has 3 rings (SSSR count). The molecule has 100 valence electrons. The Balaban J connectivity index is 1.95. The third-order valence-corrected chi connectivity index (χ3v) is 3.12. The van der Waals surface area contributed by atoms with Crippen LogP contribution in [0.1, 0.15) is 21.7 Å². The fraction of sp³-hybridized carbons (Fsp3) is 0.0625. The van der Waals surface area contributed by atoms with Gasteiger partial charge in [0, 0.05) is 17.2 Å². The van der Waals surface area contributed by atoms with Gasteiger partial charge < -0.3 is 9.15 Å². The van der Waals surface area contributed by atoms with Crippen molar-refractivity contribution in [3.05, 3.63) is 52.8 Å². The maximum Gasteiger partial charge on any atom is 0.338 e. The van der Waals surface area contributed by atoms with Crippen LogP contribution in [-0.2, 0) is 11.3 Å². The molecule has 1 aromatic heterocycles.